The average Bonchev–Trinajstić information content (AvgIpc) is 2.31. The highest BCUT2D eigenvalue weighted by molar-refractivity contribution is 5.85. The maximum absolute atomic E-state index is 11.6. The Morgan fingerprint density at radius 1 is 1.27 bits per heavy atom. The molecule has 0 bridgehead atoms. The third kappa shape index (κ3) is 2.13. The summed E-state index contributed by atoms with van der Waals surface area (Å²) in [6.45, 7) is 0. The first-order valence-corrected chi connectivity index (χ1v) is 4.99. The minimum Gasteiger partial charge on any atom is -0.355 e. The minimum absolute atomic E-state index is 0.0549. The Balaban J connectivity index is 2.20. The molecule has 0 radical (unpaired) electrons. The Labute approximate surface area is 88.1 Å². The molecule has 0 aliphatic carbocycles. The Hall–Kier alpha value is -1.48. The van der Waals surface area contributed by atoms with Gasteiger partial charge in [-0.05, 0) is 12.0 Å². The summed E-state index contributed by atoms with van der Waals surface area (Å²) in [5.41, 5.74) is 0.828. The fourth-order valence-corrected chi connectivity index (χ4v) is 1.73. The number of ketones is 1. The molecule has 1 heterocycles. The second-order valence-electron chi connectivity index (χ2n) is 3.61. The fourth-order valence-electron chi connectivity index (χ4n) is 1.73. The summed E-state index contributed by atoms with van der Waals surface area (Å²) < 4.78 is 5.42. The summed E-state index contributed by atoms with van der Waals surface area (Å²) in [6.07, 6.45) is 0.694. The third-order valence-electron chi connectivity index (χ3n) is 2.53. The van der Waals surface area contributed by atoms with Crippen LogP contribution in [0.5, 0.6) is 0 Å². The molecule has 1 aromatic rings. The molecule has 0 N–H and O–H groups in total. The summed E-state index contributed by atoms with van der Waals surface area (Å²) >= 11 is 0. The van der Waals surface area contributed by atoms with Gasteiger partial charge in [-0.2, -0.15) is 0 Å². The summed E-state index contributed by atoms with van der Waals surface area (Å²) in [7, 11) is 0. The Morgan fingerprint density at radius 2 is 2.00 bits per heavy atom. The highest BCUT2D eigenvalue weighted by atomic mass is 16.5. The van der Waals surface area contributed by atoms with Crippen LogP contribution in [0.4, 0.5) is 0 Å². The quantitative estimate of drug-likeness (QED) is 0.688. The zero-order valence-electron chi connectivity index (χ0n) is 8.26. The lowest BCUT2D eigenvalue weighted by atomic mass is 9.97. The van der Waals surface area contributed by atoms with Crippen LogP contribution in [-0.2, 0) is 14.3 Å². The minimum atomic E-state index is -0.560. The lowest BCUT2D eigenvalue weighted by molar-refractivity contribution is -0.146. The van der Waals surface area contributed by atoms with Gasteiger partial charge in [0.25, 0.3) is 0 Å². The number of hydrogen-bond donors (Lipinski definition) is 0. The molecule has 15 heavy (non-hydrogen) atoms. The Morgan fingerprint density at radius 3 is 2.67 bits per heavy atom. The first-order chi connectivity index (χ1) is 7.31. The van der Waals surface area contributed by atoms with Gasteiger partial charge in [0, 0.05) is 6.42 Å². The van der Waals surface area contributed by atoms with Crippen LogP contribution in [0.25, 0.3) is 0 Å². The van der Waals surface area contributed by atoms with E-state index < -0.39 is 12.2 Å². The van der Waals surface area contributed by atoms with E-state index in [2.05, 4.69) is 0 Å². The largest absolute Gasteiger partial charge is 0.355 e. The number of rotatable bonds is 2. The van der Waals surface area contributed by atoms with Crippen molar-refractivity contribution < 1.29 is 14.3 Å². The lowest BCUT2D eigenvalue weighted by Crippen LogP contribution is -2.30. The van der Waals surface area contributed by atoms with E-state index in [1.54, 1.807) is 0 Å². The van der Waals surface area contributed by atoms with Gasteiger partial charge in [0.05, 0.1) is 0 Å². The van der Waals surface area contributed by atoms with Crippen molar-refractivity contribution in [3.63, 3.8) is 0 Å². The number of benzene rings is 1. The van der Waals surface area contributed by atoms with E-state index >= 15 is 0 Å². The molecule has 1 aromatic carbocycles. The molecule has 1 fully saturated rings. The third-order valence-corrected chi connectivity index (χ3v) is 2.53. The van der Waals surface area contributed by atoms with E-state index in [9.17, 15) is 9.59 Å². The van der Waals surface area contributed by atoms with Crippen LogP contribution in [0.2, 0.25) is 0 Å². The molecule has 0 spiro atoms. The van der Waals surface area contributed by atoms with Crippen molar-refractivity contribution in [1.29, 1.82) is 0 Å². The summed E-state index contributed by atoms with van der Waals surface area (Å²) in [5.74, 6) is 0.0549. The standard InChI is InChI=1S/C12H12O3/c13-8-10-6-7-11(14)12(15-10)9-4-2-1-3-5-9/h1-5,8,10,12H,6-7H2. The number of carbonyl (C=O) groups excluding carboxylic acids is 2. The summed E-state index contributed by atoms with van der Waals surface area (Å²) in [4.78, 5) is 22.2. The second kappa shape index (κ2) is 4.36. The number of carbonyl (C=O) groups is 2. The number of aldehydes is 1. The van der Waals surface area contributed by atoms with Gasteiger partial charge in [-0.3, -0.25) is 4.79 Å². The molecule has 0 saturated carbocycles. The van der Waals surface area contributed by atoms with Crippen LogP contribution in [0.15, 0.2) is 30.3 Å². The second-order valence-corrected chi connectivity index (χ2v) is 3.61. The maximum atomic E-state index is 11.6. The van der Waals surface area contributed by atoms with Crippen LogP contribution >= 0.6 is 0 Å². The van der Waals surface area contributed by atoms with Crippen molar-refractivity contribution in [2.24, 2.45) is 0 Å². The maximum Gasteiger partial charge on any atom is 0.166 e. The summed E-state index contributed by atoms with van der Waals surface area (Å²) in [5, 5.41) is 0. The van der Waals surface area contributed by atoms with Gasteiger partial charge in [0.1, 0.15) is 18.5 Å². The van der Waals surface area contributed by atoms with Gasteiger partial charge in [-0.25, -0.2) is 0 Å². The predicted octanol–water partition coefficient (Wildman–Crippen LogP) is 1.67. The molecule has 1 aliphatic rings. The van der Waals surface area contributed by atoms with E-state index in [0.717, 1.165) is 11.8 Å². The van der Waals surface area contributed by atoms with E-state index in [1.165, 1.54) is 0 Å². The summed E-state index contributed by atoms with van der Waals surface area (Å²) in [6, 6.07) is 9.28. The van der Waals surface area contributed by atoms with Crippen molar-refractivity contribution in [2.75, 3.05) is 0 Å². The van der Waals surface area contributed by atoms with Crippen LogP contribution in [0.1, 0.15) is 24.5 Å². The monoisotopic (exact) mass is 204 g/mol. The smallest absolute Gasteiger partial charge is 0.166 e. The number of hydrogen-bond acceptors (Lipinski definition) is 3. The van der Waals surface area contributed by atoms with Crippen molar-refractivity contribution >= 4 is 12.1 Å². The molecule has 3 heteroatoms. The van der Waals surface area contributed by atoms with Crippen molar-refractivity contribution in [1.82, 2.24) is 0 Å². The van der Waals surface area contributed by atoms with Crippen LogP contribution < -0.4 is 0 Å². The van der Waals surface area contributed by atoms with Gasteiger partial charge in [0.2, 0.25) is 0 Å². The van der Waals surface area contributed by atoms with E-state index in [1.807, 2.05) is 30.3 Å². The van der Waals surface area contributed by atoms with Crippen LogP contribution in [0.3, 0.4) is 0 Å². The molecular formula is C12H12O3. The predicted molar refractivity (Wildman–Crippen MR) is 54.4 cm³/mol. The highest BCUT2D eigenvalue weighted by Gasteiger charge is 2.29. The van der Waals surface area contributed by atoms with Gasteiger partial charge in [-0.1, -0.05) is 30.3 Å². The molecule has 2 rings (SSSR count). The number of Topliss-reactive ketones (excluding diaryl/α,β-unsaturated/α-hetero) is 1. The van der Waals surface area contributed by atoms with E-state index in [4.69, 9.17) is 4.74 Å². The SMILES string of the molecule is O=CC1CCC(=O)C(c2ccccc2)O1. The fraction of sp³-hybridized carbons (Fsp3) is 0.333. The molecule has 78 valence electrons. The normalized spacial score (nSPS) is 26.3. The molecule has 1 saturated heterocycles. The average molecular weight is 204 g/mol. The lowest BCUT2D eigenvalue weighted by Gasteiger charge is -2.25. The molecule has 2 unspecified atom stereocenters. The van der Waals surface area contributed by atoms with Crippen molar-refractivity contribution in [2.45, 2.75) is 25.0 Å². The highest BCUT2D eigenvalue weighted by Crippen LogP contribution is 2.27. The molecule has 2 atom stereocenters. The van der Waals surface area contributed by atoms with Gasteiger partial charge in [-0.15, -0.1) is 0 Å². The van der Waals surface area contributed by atoms with Gasteiger partial charge in [0.15, 0.2) is 5.78 Å². The van der Waals surface area contributed by atoms with Crippen molar-refractivity contribution in [3.8, 4) is 0 Å². The molecule has 1 aliphatic heterocycles. The topological polar surface area (TPSA) is 43.4 Å². The first kappa shape index (κ1) is 10.1. The number of ether oxygens (including phenoxy) is 1. The Kier molecular flexibility index (Phi) is 2.92. The first-order valence-electron chi connectivity index (χ1n) is 4.99. The molecule has 0 aromatic heterocycles. The Bertz CT molecular complexity index is 358. The van der Waals surface area contributed by atoms with Crippen LogP contribution in [0, 0.1) is 0 Å². The van der Waals surface area contributed by atoms with Crippen LogP contribution in [-0.4, -0.2) is 18.2 Å². The molecule has 0 amide bonds. The van der Waals surface area contributed by atoms with E-state index in [0.29, 0.717) is 12.8 Å². The van der Waals surface area contributed by atoms with Gasteiger partial charge < -0.3 is 9.53 Å². The zero-order chi connectivity index (χ0) is 10.7. The van der Waals surface area contributed by atoms with E-state index in [-0.39, 0.29) is 5.78 Å². The zero-order valence-corrected chi connectivity index (χ0v) is 8.26. The van der Waals surface area contributed by atoms with Gasteiger partial charge >= 0.3 is 0 Å². The van der Waals surface area contributed by atoms with Crippen molar-refractivity contribution in [3.05, 3.63) is 35.9 Å². The molecule has 3 nitrogen and oxygen atoms in total. The molecular weight excluding hydrogens is 192 g/mol.